The minimum absolute atomic E-state index is 0.102. The molecule has 1 aliphatic heterocycles. The molecule has 0 unspecified atom stereocenters. The summed E-state index contributed by atoms with van der Waals surface area (Å²) in [6.07, 6.45) is -1.19. The maximum absolute atomic E-state index is 12.7. The summed E-state index contributed by atoms with van der Waals surface area (Å²) in [6.45, 7) is 4.37. The van der Waals surface area contributed by atoms with Gasteiger partial charge in [-0.05, 0) is 79.3 Å². The van der Waals surface area contributed by atoms with Gasteiger partial charge in [0.15, 0.2) is 11.0 Å². The van der Waals surface area contributed by atoms with Crippen LogP contribution in [0.2, 0.25) is 0 Å². The van der Waals surface area contributed by atoms with Crippen LogP contribution in [0.25, 0.3) is 17.1 Å². The Bertz CT molecular complexity index is 1690. The Morgan fingerprint density at radius 3 is 2.66 bits per heavy atom. The van der Waals surface area contributed by atoms with Crippen LogP contribution >= 0.6 is 11.8 Å². The molecular weight excluding hydrogens is 593 g/mol. The van der Waals surface area contributed by atoms with Crippen molar-refractivity contribution in [2.45, 2.75) is 39.5 Å². The number of rotatable bonds is 9. The van der Waals surface area contributed by atoms with E-state index in [0.29, 0.717) is 36.1 Å². The molecule has 1 saturated heterocycles. The molecule has 1 aromatic heterocycles. The van der Waals surface area contributed by atoms with Crippen LogP contribution in [0.4, 0.5) is 23.7 Å². The Morgan fingerprint density at radius 2 is 1.91 bits per heavy atom. The number of halogens is 3. The molecule has 9 nitrogen and oxygen atoms in total. The second kappa shape index (κ2) is 13.3. The molecule has 13 heteroatoms. The molecule has 3 aromatic carbocycles. The van der Waals surface area contributed by atoms with Crippen molar-refractivity contribution < 1.29 is 27.5 Å². The van der Waals surface area contributed by atoms with E-state index in [1.807, 2.05) is 56.3 Å². The zero-order valence-electron chi connectivity index (χ0n) is 24.0. The number of aromatic nitrogens is 3. The highest BCUT2D eigenvalue weighted by atomic mass is 32.2. The first-order chi connectivity index (χ1) is 21.1. The summed E-state index contributed by atoms with van der Waals surface area (Å²) >= 11 is 1.25. The minimum atomic E-state index is -4.76. The third-order valence-corrected chi connectivity index (χ3v) is 7.68. The predicted molar refractivity (Wildman–Crippen MR) is 163 cm³/mol. The van der Waals surface area contributed by atoms with E-state index < -0.39 is 12.4 Å². The summed E-state index contributed by atoms with van der Waals surface area (Å²) in [7, 11) is 0. The number of anilines is 1. The molecule has 0 radical (unpaired) electrons. The Hall–Kier alpha value is -4.65. The maximum Gasteiger partial charge on any atom is 0.573 e. The highest BCUT2D eigenvalue weighted by molar-refractivity contribution is 8.15. The number of hydrogen-bond acceptors (Lipinski definition) is 6. The van der Waals surface area contributed by atoms with Crippen LogP contribution in [0, 0.1) is 6.92 Å². The number of nitrogens with one attached hydrogen (secondary N) is 1. The number of carbonyl (C=O) groups excluding carboxylic acids is 2. The number of benzene rings is 3. The molecule has 1 fully saturated rings. The van der Waals surface area contributed by atoms with Crippen molar-refractivity contribution in [1.82, 2.24) is 20.1 Å². The smallest absolute Gasteiger partial charge is 0.406 e. The van der Waals surface area contributed by atoms with Gasteiger partial charge in [-0.3, -0.25) is 9.69 Å². The molecule has 4 aromatic rings. The molecule has 0 atom stereocenters. The normalized spacial score (nSPS) is 14.3. The Kier molecular flexibility index (Phi) is 9.33. The van der Waals surface area contributed by atoms with Crippen molar-refractivity contribution >= 4 is 34.6 Å². The first-order valence-corrected chi connectivity index (χ1v) is 14.9. The third-order valence-electron chi connectivity index (χ3n) is 6.76. The van der Waals surface area contributed by atoms with Crippen molar-refractivity contribution in [3.05, 3.63) is 89.7 Å². The van der Waals surface area contributed by atoms with E-state index in [4.69, 9.17) is 0 Å². The average molecular weight is 623 g/mol. The van der Waals surface area contributed by atoms with Crippen molar-refractivity contribution in [2.24, 2.45) is 4.99 Å². The lowest BCUT2D eigenvalue weighted by Gasteiger charge is -2.20. The standard InChI is InChI=1S/C31H29F3N6O3S/c1-3-22-10-9-20(2)16-26(22)40-27(41)18-44-30(40)37-29(42)35-15-5-7-21-6-4-8-23(17-21)28-36-19-39(38-28)24-11-13-25(14-12-24)43-31(32,33)34/h4,6,8-14,16-17,19H,3,5,7,15,18H2,1-2H3,(H,35,42). The molecule has 3 amide bonds. The van der Waals surface area contributed by atoms with E-state index >= 15 is 0 Å². The zero-order valence-corrected chi connectivity index (χ0v) is 24.8. The Balaban J connectivity index is 1.16. The van der Waals surface area contributed by atoms with E-state index in [1.54, 1.807) is 0 Å². The van der Waals surface area contributed by atoms with Crippen LogP contribution < -0.4 is 15.0 Å². The first kappa shape index (κ1) is 30.8. The van der Waals surface area contributed by atoms with Gasteiger partial charge in [0.05, 0.1) is 17.1 Å². The van der Waals surface area contributed by atoms with E-state index in [1.165, 1.54) is 51.9 Å². The van der Waals surface area contributed by atoms with Gasteiger partial charge in [0.2, 0.25) is 5.91 Å². The summed E-state index contributed by atoms with van der Waals surface area (Å²) in [6, 6.07) is 18.5. The van der Waals surface area contributed by atoms with Crippen molar-refractivity contribution in [3.8, 4) is 22.8 Å². The predicted octanol–water partition coefficient (Wildman–Crippen LogP) is 6.48. The number of ether oxygens (including phenoxy) is 1. The molecule has 0 saturated carbocycles. The number of alkyl halides is 3. The molecule has 228 valence electrons. The van der Waals surface area contributed by atoms with E-state index in [0.717, 1.165) is 34.4 Å². The summed E-state index contributed by atoms with van der Waals surface area (Å²) in [5, 5.41) is 7.64. The SMILES string of the molecule is CCc1ccc(C)cc1N1C(=O)CSC1=NC(=O)NCCCc1cccc(-c2ncn(-c3ccc(OC(F)(F)F)cc3)n2)c1. The number of hydrogen-bond donors (Lipinski definition) is 1. The highest BCUT2D eigenvalue weighted by Crippen LogP contribution is 2.31. The Morgan fingerprint density at radius 1 is 1.11 bits per heavy atom. The van der Waals surface area contributed by atoms with Gasteiger partial charge in [0, 0.05) is 12.1 Å². The number of nitrogens with zero attached hydrogens (tertiary/aromatic N) is 5. The lowest BCUT2D eigenvalue weighted by molar-refractivity contribution is -0.274. The quantitative estimate of drug-likeness (QED) is 0.215. The molecule has 0 spiro atoms. The monoisotopic (exact) mass is 622 g/mol. The van der Waals surface area contributed by atoms with Crippen LogP contribution in [0.15, 0.2) is 78.0 Å². The molecule has 0 aliphatic carbocycles. The number of aliphatic imine (C=N–C) groups is 1. The van der Waals surface area contributed by atoms with Gasteiger partial charge in [-0.15, -0.1) is 18.3 Å². The van der Waals surface area contributed by atoms with Crippen LogP contribution in [-0.2, 0) is 17.6 Å². The number of urea groups is 1. The highest BCUT2D eigenvalue weighted by Gasteiger charge is 2.32. The maximum atomic E-state index is 12.7. The second-order valence-electron chi connectivity index (χ2n) is 9.99. The van der Waals surface area contributed by atoms with Crippen molar-refractivity contribution in [3.63, 3.8) is 0 Å². The number of amides is 3. The second-order valence-corrected chi connectivity index (χ2v) is 10.9. The largest absolute Gasteiger partial charge is 0.573 e. The summed E-state index contributed by atoms with van der Waals surface area (Å²) < 4.78 is 42.6. The molecule has 1 N–H and O–H groups in total. The fourth-order valence-corrected chi connectivity index (χ4v) is 5.52. The molecule has 44 heavy (non-hydrogen) atoms. The van der Waals surface area contributed by atoms with Crippen LogP contribution in [-0.4, -0.2) is 50.5 Å². The molecule has 2 heterocycles. The zero-order chi connectivity index (χ0) is 31.3. The average Bonchev–Trinajstić information content (AvgIpc) is 3.62. The molecule has 1 aliphatic rings. The molecule has 0 bridgehead atoms. The van der Waals surface area contributed by atoms with Crippen LogP contribution in [0.1, 0.15) is 30.0 Å². The minimum Gasteiger partial charge on any atom is -0.406 e. The van der Waals surface area contributed by atoms with E-state index in [-0.39, 0.29) is 17.4 Å². The summed E-state index contributed by atoms with van der Waals surface area (Å²) in [4.78, 5) is 35.4. The number of carbonyl (C=O) groups is 2. The van der Waals surface area contributed by atoms with Gasteiger partial charge in [-0.2, -0.15) is 4.99 Å². The fourth-order valence-electron chi connectivity index (χ4n) is 4.66. The number of aryl methyl sites for hydroxylation is 3. The fraction of sp³-hybridized carbons (Fsp3) is 0.258. The van der Waals surface area contributed by atoms with Crippen LogP contribution in [0.5, 0.6) is 5.75 Å². The van der Waals surface area contributed by atoms with E-state index in [9.17, 15) is 22.8 Å². The molecular formula is C31H29F3N6O3S. The van der Waals surface area contributed by atoms with Crippen LogP contribution in [0.3, 0.4) is 0 Å². The topological polar surface area (TPSA) is 102 Å². The molecule has 5 rings (SSSR count). The first-order valence-electron chi connectivity index (χ1n) is 13.9. The van der Waals surface area contributed by atoms with Gasteiger partial charge >= 0.3 is 12.4 Å². The van der Waals surface area contributed by atoms with Crippen molar-refractivity contribution in [2.75, 3.05) is 17.2 Å². The van der Waals surface area contributed by atoms with Gasteiger partial charge in [-0.1, -0.05) is 49.0 Å². The van der Waals surface area contributed by atoms with Crippen molar-refractivity contribution in [1.29, 1.82) is 0 Å². The number of amidine groups is 1. The van der Waals surface area contributed by atoms with Gasteiger partial charge in [0.25, 0.3) is 0 Å². The lowest BCUT2D eigenvalue weighted by Crippen LogP contribution is -2.32. The Labute approximate surface area is 256 Å². The van der Waals surface area contributed by atoms with Gasteiger partial charge in [0.1, 0.15) is 12.1 Å². The lowest BCUT2D eigenvalue weighted by atomic mass is 10.1. The van der Waals surface area contributed by atoms with Gasteiger partial charge in [-0.25, -0.2) is 14.5 Å². The van der Waals surface area contributed by atoms with E-state index in [2.05, 4.69) is 25.1 Å². The summed E-state index contributed by atoms with van der Waals surface area (Å²) in [5.74, 6) is 0.268. The third kappa shape index (κ3) is 7.64. The number of thioether (sulfide) groups is 1. The summed E-state index contributed by atoms with van der Waals surface area (Å²) in [5.41, 5.74) is 5.12. The van der Waals surface area contributed by atoms with Gasteiger partial charge < -0.3 is 10.1 Å².